The Hall–Kier alpha value is -2.07. The number of anilines is 1. The van der Waals surface area contributed by atoms with Crippen LogP contribution in [0, 0.1) is 0 Å². The second-order valence-electron chi connectivity index (χ2n) is 6.73. The summed E-state index contributed by atoms with van der Waals surface area (Å²) in [5, 5.41) is 12.4. The molecule has 0 bridgehead atoms. The third-order valence-corrected chi connectivity index (χ3v) is 3.75. The number of hydrogen-bond acceptors (Lipinski definition) is 3. The number of fused-ring (bicyclic) bond motifs is 3. The lowest BCUT2D eigenvalue weighted by Gasteiger charge is -2.34. The fourth-order valence-electron chi connectivity index (χ4n) is 2.89. The van der Waals surface area contributed by atoms with Gasteiger partial charge in [0.2, 0.25) is 0 Å². The van der Waals surface area contributed by atoms with E-state index in [0.717, 1.165) is 22.0 Å². The Morgan fingerprint density at radius 1 is 1.23 bits per heavy atom. The van der Waals surface area contributed by atoms with Crippen LogP contribution in [0.5, 0.6) is 0 Å². The lowest BCUT2D eigenvalue weighted by molar-refractivity contribution is 0.0549. The van der Waals surface area contributed by atoms with Crippen molar-refractivity contribution in [1.82, 2.24) is 0 Å². The van der Waals surface area contributed by atoms with Gasteiger partial charge in [-0.2, -0.15) is 0 Å². The van der Waals surface area contributed by atoms with Crippen molar-refractivity contribution in [3.05, 3.63) is 42.0 Å². The van der Waals surface area contributed by atoms with Gasteiger partial charge in [0.25, 0.3) is 0 Å². The van der Waals surface area contributed by atoms with E-state index < -0.39 is 17.8 Å². The van der Waals surface area contributed by atoms with E-state index in [-0.39, 0.29) is 6.54 Å². The lowest BCUT2D eigenvalue weighted by Crippen LogP contribution is -2.45. The standard InChI is InChI=1S/C18H21NO3/c1-18(2,3)22-17(21)19-11-13(20)10-15-14-7-5-4-6-12(14)8-9-16(15)19/h4-9,13,20H,10-11H2,1-3H3. The van der Waals surface area contributed by atoms with Gasteiger partial charge >= 0.3 is 6.09 Å². The maximum atomic E-state index is 12.5. The van der Waals surface area contributed by atoms with Gasteiger partial charge in [0.1, 0.15) is 5.60 Å². The van der Waals surface area contributed by atoms with Gasteiger partial charge in [0, 0.05) is 6.42 Å². The van der Waals surface area contributed by atoms with Gasteiger partial charge in [0.15, 0.2) is 0 Å². The van der Waals surface area contributed by atoms with Crippen molar-refractivity contribution in [2.45, 2.75) is 38.9 Å². The van der Waals surface area contributed by atoms with Crippen molar-refractivity contribution in [2.75, 3.05) is 11.4 Å². The maximum Gasteiger partial charge on any atom is 0.414 e. The molecular weight excluding hydrogens is 278 g/mol. The minimum atomic E-state index is -0.578. The van der Waals surface area contributed by atoms with Crippen LogP contribution < -0.4 is 4.90 Å². The minimum absolute atomic E-state index is 0.264. The second-order valence-corrected chi connectivity index (χ2v) is 6.73. The van der Waals surface area contributed by atoms with Gasteiger partial charge in [-0.3, -0.25) is 4.90 Å². The first-order chi connectivity index (χ1) is 10.3. The fraction of sp³-hybridized carbons (Fsp3) is 0.389. The molecule has 1 aliphatic heterocycles. The SMILES string of the molecule is CC(C)(C)OC(=O)N1CC(O)Cc2c1ccc1ccccc21. The molecule has 4 nitrogen and oxygen atoms in total. The van der Waals surface area contributed by atoms with Crippen molar-refractivity contribution in [3.8, 4) is 0 Å². The van der Waals surface area contributed by atoms with Crippen LogP contribution in [0.1, 0.15) is 26.3 Å². The highest BCUT2D eigenvalue weighted by molar-refractivity contribution is 5.97. The molecular formula is C18H21NO3. The number of hydrogen-bond donors (Lipinski definition) is 1. The zero-order valence-corrected chi connectivity index (χ0v) is 13.2. The molecule has 0 saturated carbocycles. The van der Waals surface area contributed by atoms with E-state index >= 15 is 0 Å². The Labute approximate surface area is 130 Å². The van der Waals surface area contributed by atoms with E-state index in [0.29, 0.717) is 6.42 Å². The van der Waals surface area contributed by atoms with E-state index in [1.807, 2.05) is 57.2 Å². The highest BCUT2D eigenvalue weighted by Crippen LogP contribution is 2.34. The molecule has 0 saturated heterocycles. The molecule has 0 aliphatic carbocycles. The molecule has 0 aromatic heterocycles. The van der Waals surface area contributed by atoms with E-state index in [1.54, 1.807) is 4.90 Å². The third kappa shape index (κ3) is 2.79. The van der Waals surface area contributed by atoms with Gasteiger partial charge in [-0.05, 0) is 43.2 Å². The molecule has 2 aromatic carbocycles. The van der Waals surface area contributed by atoms with Crippen LogP contribution in [0.2, 0.25) is 0 Å². The molecule has 1 amide bonds. The number of benzene rings is 2. The van der Waals surface area contributed by atoms with Crippen LogP contribution >= 0.6 is 0 Å². The zero-order valence-electron chi connectivity index (χ0n) is 13.2. The van der Waals surface area contributed by atoms with E-state index in [2.05, 4.69) is 0 Å². The van der Waals surface area contributed by atoms with Crippen molar-refractivity contribution >= 4 is 22.6 Å². The highest BCUT2D eigenvalue weighted by Gasteiger charge is 2.31. The Morgan fingerprint density at radius 3 is 2.68 bits per heavy atom. The number of nitrogens with zero attached hydrogens (tertiary/aromatic N) is 1. The summed E-state index contributed by atoms with van der Waals surface area (Å²) >= 11 is 0. The number of aliphatic hydroxyl groups is 1. The van der Waals surface area contributed by atoms with Crippen LogP contribution in [-0.4, -0.2) is 29.4 Å². The van der Waals surface area contributed by atoms with E-state index in [4.69, 9.17) is 4.74 Å². The Morgan fingerprint density at radius 2 is 1.95 bits per heavy atom. The second kappa shape index (κ2) is 5.29. The molecule has 1 atom stereocenters. The summed E-state index contributed by atoms with van der Waals surface area (Å²) in [6.07, 6.45) is -0.440. The molecule has 4 heteroatoms. The summed E-state index contributed by atoms with van der Waals surface area (Å²) in [7, 11) is 0. The first-order valence-corrected chi connectivity index (χ1v) is 7.54. The monoisotopic (exact) mass is 299 g/mol. The predicted octanol–water partition coefficient (Wildman–Crippen LogP) is 3.50. The van der Waals surface area contributed by atoms with Crippen molar-refractivity contribution in [1.29, 1.82) is 0 Å². The Balaban J connectivity index is 2.06. The van der Waals surface area contributed by atoms with Crippen LogP contribution in [0.3, 0.4) is 0 Å². The molecule has 0 radical (unpaired) electrons. The van der Waals surface area contributed by atoms with Crippen LogP contribution in [0.15, 0.2) is 36.4 Å². The Bertz CT molecular complexity index is 718. The average molecular weight is 299 g/mol. The molecule has 116 valence electrons. The molecule has 2 aromatic rings. The van der Waals surface area contributed by atoms with Crippen molar-refractivity contribution in [3.63, 3.8) is 0 Å². The summed E-state index contributed by atoms with van der Waals surface area (Å²) in [6.45, 7) is 5.78. The lowest BCUT2D eigenvalue weighted by atomic mass is 9.94. The van der Waals surface area contributed by atoms with Gasteiger partial charge in [-0.15, -0.1) is 0 Å². The molecule has 1 N–H and O–H groups in total. The van der Waals surface area contributed by atoms with E-state index in [9.17, 15) is 9.90 Å². The average Bonchev–Trinajstić information content (AvgIpc) is 2.44. The molecule has 1 heterocycles. The van der Waals surface area contributed by atoms with Crippen LogP contribution in [0.25, 0.3) is 10.8 Å². The number of amides is 1. The van der Waals surface area contributed by atoms with Crippen molar-refractivity contribution < 1.29 is 14.6 Å². The van der Waals surface area contributed by atoms with E-state index in [1.165, 1.54) is 0 Å². The van der Waals surface area contributed by atoms with Crippen LogP contribution in [0.4, 0.5) is 10.5 Å². The summed E-state index contributed by atoms with van der Waals surface area (Å²) < 4.78 is 5.47. The van der Waals surface area contributed by atoms with Gasteiger partial charge in [-0.25, -0.2) is 4.79 Å². The number of β-amino-alcohol motifs (C(OH)–C–C–N with tert-alkyl or cyclic N) is 1. The number of ether oxygens (including phenoxy) is 1. The fourth-order valence-corrected chi connectivity index (χ4v) is 2.89. The molecule has 0 spiro atoms. The quantitative estimate of drug-likeness (QED) is 0.810. The van der Waals surface area contributed by atoms with Gasteiger partial charge in [0.05, 0.1) is 18.3 Å². The van der Waals surface area contributed by atoms with Gasteiger partial charge in [-0.1, -0.05) is 30.3 Å². The normalized spacial score (nSPS) is 18.2. The molecule has 3 rings (SSSR count). The zero-order chi connectivity index (χ0) is 15.9. The predicted molar refractivity (Wildman–Crippen MR) is 87.2 cm³/mol. The topological polar surface area (TPSA) is 49.8 Å². The maximum absolute atomic E-state index is 12.5. The van der Waals surface area contributed by atoms with Gasteiger partial charge < -0.3 is 9.84 Å². The minimum Gasteiger partial charge on any atom is -0.443 e. The summed E-state index contributed by atoms with van der Waals surface area (Å²) in [4.78, 5) is 14.0. The highest BCUT2D eigenvalue weighted by atomic mass is 16.6. The number of carbonyl (C=O) groups excluding carboxylic acids is 1. The van der Waals surface area contributed by atoms with Crippen molar-refractivity contribution in [2.24, 2.45) is 0 Å². The summed E-state index contributed by atoms with van der Waals surface area (Å²) in [5.74, 6) is 0. The molecule has 1 unspecified atom stereocenters. The number of rotatable bonds is 0. The summed E-state index contributed by atoms with van der Waals surface area (Å²) in [6, 6.07) is 12.0. The number of aliphatic hydroxyl groups excluding tert-OH is 1. The molecule has 1 aliphatic rings. The molecule has 22 heavy (non-hydrogen) atoms. The first kappa shape index (κ1) is 14.9. The Kier molecular flexibility index (Phi) is 3.57. The smallest absolute Gasteiger partial charge is 0.414 e. The summed E-state index contributed by atoms with van der Waals surface area (Å²) in [5.41, 5.74) is 1.28. The van der Waals surface area contributed by atoms with Crippen LogP contribution in [-0.2, 0) is 11.2 Å². The third-order valence-electron chi connectivity index (χ3n) is 3.75. The molecule has 0 fully saturated rings. The number of carbonyl (C=O) groups is 1. The largest absolute Gasteiger partial charge is 0.443 e. The first-order valence-electron chi connectivity index (χ1n) is 7.54.